The fourth-order valence-electron chi connectivity index (χ4n) is 1.19. The Bertz CT molecular complexity index is 385. The van der Waals surface area contributed by atoms with E-state index < -0.39 is 5.97 Å². The van der Waals surface area contributed by atoms with Crippen molar-refractivity contribution in [3.05, 3.63) is 29.8 Å². The summed E-state index contributed by atoms with van der Waals surface area (Å²) in [4.78, 5) is 11.4. The number of ether oxygens (including phenoxy) is 1. The summed E-state index contributed by atoms with van der Waals surface area (Å²) in [5.41, 5.74) is 0.989. The van der Waals surface area contributed by atoms with Gasteiger partial charge in [0.25, 0.3) is 0 Å². The highest BCUT2D eigenvalue weighted by Crippen LogP contribution is 2.10. The average Bonchev–Trinajstić information content (AvgIpc) is 2.28. The number of benzene rings is 1. The fourth-order valence-corrected chi connectivity index (χ4v) is 1.19. The van der Waals surface area contributed by atoms with Crippen LogP contribution in [0.5, 0.6) is 5.75 Å². The number of hydrogen-bond acceptors (Lipinski definition) is 5. The molecular weight excluding hydrogens is 208 g/mol. The second-order valence-electron chi connectivity index (χ2n) is 3.14. The van der Waals surface area contributed by atoms with Gasteiger partial charge in [0.15, 0.2) is 0 Å². The Balaban J connectivity index is 2.71. The van der Waals surface area contributed by atoms with Crippen LogP contribution in [0.2, 0.25) is 0 Å². The minimum atomic E-state index is -0.516. The number of phenols is 1. The number of phenolic OH excluding ortho intramolecular Hbond substituents is 1. The molecule has 1 aromatic rings. The van der Waals surface area contributed by atoms with E-state index in [1.165, 1.54) is 12.1 Å². The molecule has 0 unspecified atom stereocenters. The van der Waals surface area contributed by atoms with E-state index in [1.54, 1.807) is 19.1 Å². The first-order valence-electron chi connectivity index (χ1n) is 4.89. The molecule has 0 aromatic heterocycles. The van der Waals surface area contributed by atoms with Crippen LogP contribution >= 0.6 is 0 Å². The van der Waals surface area contributed by atoms with Gasteiger partial charge >= 0.3 is 5.97 Å². The van der Waals surface area contributed by atoms with Crippen LogP contribution in [0.1, 0.15) is 12.5 Å². The van der Waals surface area contributed by atoms with E-state index in [0.717, 1.165) is 5.56 Å². The molecule has 0 saturated carbocycles. The minimum Gasteiger partial charge on any atom is -0.508 e. The zero-order valence-corrected chi connectivity index (χ0v) is 9.01. The first kappa shape index (κ1) is 12.0. The predicted octanol–water partition coefficient (Wildman–Crippen LogP) is 0.813. The van der Waals surface area contributed by atoms with Gasteiger partial charge in [-0.05, 0) is 24.6 Å². The molecule has 1 aromatic carbocycles. The van der Waals surface area contributed by atoms with Gasteiger partial charge in [0.2, 0.25) is 0 Å². The molecule has 0 heterocycles. The predicted molar refractivity (Wildman–Crippen MR) is 60.1 cm³/mol. The van der Waals surface area contributed by atoms with Crippen molar-refractivity contribution in [2.24, 2.45) is 10.9 Å². The van der Waals surface area contributed by atoms with Crippen LogP contribution in [-0.4, -0.2) is 23.4 Å². The first-order valence-corrected chi connectivity index (χ1v) is 4.89. The summed E-state index contributed by atoms with van der Waals surface area (Å²) in [6.45, 7) is 2.00. The van der Waals surface area contributed by atoms with Gasteiger partial charge in [0.1, 0.15) is 11.5 Å². The molecule has 5 heteroatoms. The maximum atomic E-state index is 11.4. The lowest BCUT2D eigenvalue weighted by Gasteiger charge is -2.04. The second kappa shape index (κ2) is 5.75. The second-order valence-corrected chi connectivity index (χ2v) is 3.14. The number of nitrogens with zero attached hydrogens (tertiary/aromatic N) is 1. The molecular formula is C11H14N2O3. The Morgan fingerprint density at radius 3 is 2.56 bits per heavy atom. The van der Waals surface area contributed by atoms with Crippen molar-refractivity contribution in [1.82, 2.24) is 0 Å². The van der Waals surface area contributed by atoms with E-state index in [4.69, 9.17) is 15.7 Å². The van der Waals surface area contributed by atoms with E-state index in [0.29, 0.717) is 0 Å². The van der Waals surface area contributed by atoms with Gasteiger partial charge < -0.3 is 15.7 Å². The van der Waals surface area contributed by atoms with E-state index in [-0.39, 0.29) is 24.5 Å². The molecule has 86 valence electrons. The Kier molecular flexibility index (Phi) is 4.32. The third-order valence-electron chi connectivity index (χ3n) is 1.97. The molecule has 16 heavy (non-hydrogen) atoms. The van der Waals surface area contributed by atoms with Crippen LogP contribution in [-0.2, 0) is 16.0 Å². The summed E-state index contributed by atoms with van der Waals surface area (Å²) in [6, 6.07) is 6.46. The Morgan fingerprint density at radius 2 is 2.06 bits per heavy atom. The molecule has 0 saturated heterocycles. The highest BCUT2D eigenvalue weighted by atomic mass is 16.5. The molecule has 1 rings (SSSR count). The lowest BCUT2D eigenvalue weighted by atomic mass is 10.1. The SMILES string of the molecule is CCOC(=O)/C(Cc1ccc(O)cc1)=N\N. The summed E-state index contributed by atoms with van der Waals surface area (Å²) < 4.78 is 4.79. The summed E-state index contributed by atoms with van der Waals surface area (Å²) in [5.74, 6) is 4.78. The van der Waals surface area contributed by atoms with Crippen LogP contribution < -0.4 is 5.84 Å². The molecule has 0 fully saturated rings. The van der Waals surface area contributed by atoms with E-state index in [1.807, 2.05) is 0 Å². The standard InChI is InChI=1S/C11H14N2O3/c1-2-16-11(15)10(13-12)7-8-3-5-9(14)6-4-8/h3-6,14H,2,7,12H2,1H3/b13-10-. The van der Waals surface area contributed by atoms with Gasteiger partial charge in [-0.2, -0.15) is 5.10 Å². The van der Waals surface area contributed by atoms with Crippen molar-refractivity contribution in [3.8, 4) is 5.75 Å². The number of carbonyl (C=O) groups is 1. The third-order valence-corrected chi connectivity index (χ3v) is 1.97. The third kappa shape index (κ3) is 3.27. The topological polar surface area (TPSA) is 84.9 Å². The summed E-state index contributed by atoms with van der Waals surface area (Å²) in [7, 11) is 0. The number of aromatic hydroxyl groups is 1. The summed E-state index contributed by atoms with van der Waals surface area (Å²) in [6.07, 6.45) is 0.287. The molecule has 0 aliphatic carbocycles. The number of carbonyl (C=O) groups excluding carboxylic acids is 1. The van der Waals surface area contributed by atoms with Gasteiger partial charge in [-0.15, -0.1) is 0 Å². The maximum absolute atomic E-state index is 11.4. The van der Waals surface area contributed by atoms with Crippen molar-refractivity contribution in [2.45, 2.75) is 13.3 Å². The van der Waals surface area contributed by atoms with Crippen molar-refractivity contribution in [3.63, 3.8) is 0 Å². The molecule has 0 aliphatic heterocycles. The highest BCUT2D eigenvalue weighted by Gasteiger charge is 2.12. The smallest absolute Gasteiger partial charge is 0.354 e. The normalized spacial score (nSPS) is 11.2. The van der Waals surface area contributed by atoms with Crippen molar-refractivity contribution in [1.29, 1.82) is 0 Å². The van der Waals surface area contributed by atoms with Crippen LogP contribution in [0.25, 0.3) is 0 Å². The Morgan fingerprint density at radius 1 is 1.44 bits per heavy atom. The molecule has 0 spiro atoms. The van der Waals surface area contributed by atoms with Gasteiger partial charge in [-0.25, -0.2) is 4.79 Å². The molecule has 0 radical (unpaired) electrons. The van der Waals surface area contributed by atoms with Crippen molar-refractivity contribution >= 4 is 11.7 Å². The number of hydrazone groups is 1. The van der Waals surface area contributed by atoms with Crippen molar-refractivity contribution in [2.75, 3.05) is 6.61 Å². The van der Waals surface area contributed by atoms with Gasteiger partial charge in [-0.1, -0.05) is 12.1 Å². The Labute approximate surface area is 93.5 Å². The zero-order chi connectivity index (χ0) is 12.0. The maximum Gasteiger partial charge on any atom is 0.354 e. The number of nitrogens with two attached hydrogens (primary N) is 1. The Hall–Kier alpha value is -2.04. The zero-order valence-electron chi connectivity index (χ0n) is 9.01. The van der Waals surface area contributed by atoms with Crippen LogP contribution in [0.4, 0.5) is 0 Å². The number of esters is 1. The van der Waals surface area contributed by atoms with Crippen LogP contribution in [0.3, 0.4) is 0 Å². The van der Waals surface area contributed by atoms with E-state index >= 15 is 0 Å². The quantitative estimate of drug-likeness (QED) is 0.342. The average molecular weight is 222 g/mol. The summed E-state index contributed by atoms with van der Waals surface area (Å²) >= 11 is 0. The monoisotopic (exact) mass is 222 g/mol. The minimum absolute atomic E-state index is 0.160. The molecule has 0 aliphatic rings. The van der Waals surface area contributed by atoms with E-state index in [9.17, 15) is 4.79 Å². The van der Waals surface area contributed by atoms with E-state index in [2.05, 4.69) is 5.10 Å². The van der Waals surface area contributed by atoms with Crippen molar-refractivity contribution < 1.29 is 14.6 Å². The number of rotatable bonds is 4. The first-order chi connectivity index (χ1) is 7.67. The molecule has 5 nitrogen and oxygen atoms in total. The van der Waals surface area contributed by atoms with Crippen LogP contribution in [0.15, 0.2) is 29.4 Å². The summed E-state index contributed by atoms with van der Waals surface area (Å²) in [5, 5.41) is 12.5. The molecule has 0 atom stereocenters. The lowest BCUT2D eigenvalue weighted by molar-refractivity contribution is -0.135. The van der Waals surface area contributed by atoms with Gasteiger partial charge in [0.05, 0.1) is 6.61 Å². The lowest BCUT2D eigenvalue weighted by Crippen LogP contribution is -2.21. The fraction of sp³-hybridized carbons (Fsp3) is 0.273. The van der Waals surface area contributed by atoms with Crippen LogP contribution in [0, 0.1) is 0 Å². The largest absolute Gasteiger partial charge is 0.508 e. The van der Waals surface area contributed by atoms with Gasteiger partial charge in [-0.3, -0.25) is 0 Å². The number of hydrogen-bond donors (Lipinski definition) is 2. The molecule has 0 bridgehead atoms. The molecule has 0 amide bonds. The van der Waals surface area contributed by atoms with Gasteiger partial charge in [0, 0.05) is 6.42 Å². The molecule has 3 N–H and O–H groups in total. The highest BCUT2D eigenvalue weighted by molar-refractivity contribution is 6.36.